The van der Waals surface area contributed by atoms with Gasteiger partial charge in [-0.1, -0.05) is 0 Å². The first-order valence-electron chi connectivity index (χ1n) is 2.89. The fourth-order valence-electron chi connectivity index (χ4n) is 0.900. The summed E-state index contributed by atoms with van der Waals surface area (Å²) < 4.78 is 9.69. The number of hydrogen-bond acceptors (Lipinski definition) is 4. The van der Waals surface area contributed by atoms with E-state index in [1.807, 2.05) is 0 Å². The van der Waals surface area contributed by atoms with E-state index >= 15 is 0 Å². The Bertz CT molecular complexity index is 298. The molecule has 0 spiro atoms. The van der Waals surface area contributed by atoms with E-state index in [0.717, 1.165) is 0 Å². The smallest absolute Gasteiger partial charge is 0.275 e. The van der Waals surface area contributed by atoms with Crippen LogP contribution in [0.1, 0.15) is 0 Å². The van der Waals surface area contributed by atoms with Gasteiger partial charge in [0, 0.05) is 0 Å². The molecule has 0 amide bonds. The molecule has 4 nitrogen and oxygen atoms in total. The zero-order valence-electron chi connectivity index (χ0n) is 5.05. The molecule has 2 rings (SSSR count). The maximum Gasteiger partial charge on any atom is 0.275 e. The minimum Gasteiger partial charge on any atom is -0.482 e. The molecule has 0 unspecified atom stereocenters. The zero-order chi connectivity index (χ0) is 7.14. The Hall–Kier alpha value is -1.32. The van der Waals surface area contributed by atoms with E-state index in [1.54, 1.807) is 0 Å². The SMILES string of the molecule is O=c1c2c(c1=O)OCCO2. The van der Waals surface area contributed by atoms with Crippen molar-refractivity contribution in [1.29, 1.82) is 0 Å². The first-order valence-corrected chi connectivity index (χ1v) is 2.89. The standard InChI is InChI=1S/C6H4O4/c7-3-4(8)6-5(3)9-1-2-10-6/h1-2H2. The van der Waals surface area contributed by atoms with E-state index in [1.165, 1.54) is 0 Å². The maximum atomic E-state index is 10.6. The fourth-order valence-corrected chi connectivity index (χ4v) is 0.900. The topological polar surface area (TPSA) is 52.6 Å². The third-order valence-electron chi connectivity index (χ3n) is 1.40. The zero-order valence-corrected chi connectivity index (χ0v) is 5.05. The van der Waals surface area contributed by atoms with E-state index in [4.69, 9.17) is 9.47 Å². The third kappa shape index (κ3) is 0.459. The van der Waals surface area contributed by atoms with Crippen molar-refractivity contribution >= 4 is 0 Å². The Labute approximate surface area is 55.7 Å². The van der Waals surface area contributed by atoms with Gasteiger partial charge in [-0.25, -0.2) is 0 Å². The molecule has 0 aliphatic carbocycles. The van der Waals surface area contributed by atoms with Crippen LogP contribution in [0.25, 0.3) is 0 Å². The lowest BCUT2D eigenvalue weighted by Crippen LogP contribution is -2.38. The molecule has 0 radical (unpaired) electrons. The van der Waals surface area contributed by atoms with Gasteiger partial charge in [0.2, 0.25) is 11.5 Å². The molecule has 0 bridgehead atoms. The van der Waals surface area contributed by atoms with Crippen molar-refractivity contribution in [2.24, 2.45) is 0 Å². The monoisotopic (exact) mass is 140 g/mol. The molecule has 1 heterocycles. The molecule has 0 atom stereocenters. The lowest BCUT2D eigenvalue weighted by Gasteiger charge is -2.17. The third-order valence-corrected chi connectivity index (χ3v) is 1.40. The first kappa shape index (κ1) is 5.46. The molecule has 0 saturated heterocycles. The highest BCUT2D eigenvalue weighted by atomic mass is 16.6. The van der Waals surface area contributed by atoms with Gasteiger partial charge < -0.3 is 9.47 Å². The van der Waals surface area contributed by atoms with Crippen molar-refractivity contribution in [3.63, 3.8) is 0 Å². The Kier molecular flexibility index (Phi) is 0.869. The largest absolute Gasteiger partial charge is 0.482 e. The Morgan fingerprint density at radius 1 is 0.900 bits per heavy atom. The van der Waals surface area contributed by atoms with Crippen LogP contribution < -0.4 is 20.3 Å². The summed E-state index contributed by atoms with van der Waals surface area (Å²) in [6.45, 7) is 0.718. The van der Waals surface area contributed by atoms with E-state index in [2.05, 4.69) is 0 Å². The predicted molar refractivity (Wildman–Crippen MR) is 32.3 cm³/mol. The van der Waals surface area contributed by atoms with Crippen LogP contribution in [-0.2, 0) is 0 Å². The van der Waals surface area contributed by atoms with E-state index in [-0.39, 0.29) is 11.5 Å². The predicted octanol–water partition coefficient (Wildman–Crippen LogP) is -0.946. The molecule has 4 heteroatoms. The van der Waals surface area contributed by atoms with Crippen LogP contribution in [0, 0.1) is 0 Å². The van der Waals surface area contributed by atoms with Gasteiger partial charge in [0.25, 0.3) is 10.9 Å². The molecule has 0 N–H and O–H groups in total. The summed E-state index contributed by atoms with van der Waals surface area (Å²) in [7, 11) is 0. The number of ether oxygens (including phenoxy) is 2. The molecule has 0 aromatic heterocycles. The lowest BCUT2D eigenvalue weighted by atomic mass is 10.2. The normalized spacial score (nSPS) is 15.6. The Balaban J connectivity index is 2.56. The summed E-state index contributed by atoms with van der Waals surface area (Å²) >= 11 is 0. The molecule has 52 valence electrons. The quantitative estimate of drug-likeness (QED) is 0.436. The van der Waals surface area contributed by atoms with Crippen LogP contribution in [-0.4, -0.2) is 13.2 Å². The van der Waals surface area contributed by atoms with Crippen molar-refractivity contribution in [2.45, 2.75) is 0 Å². The van der Waals surface area contributed by atoms with Gasteiger partial charge in [-0.15, -0.1) is 0 Å². The van der Waals surface area contributed by atoms with Crippen LogP contribution in [0.15, 0.2) is 9.59 Å². The summed E-state index contributed by atoms with van der Waals surface area (Å²) in [6.07, 6.45) is 0. The maximum absolute atomic E-state index is 10.6. The van der Waals surface area contributed by atoms with E-state index < -0.39 is 10.9 Å². The van der Waals surface area contributed by atoms with Gasteiger partial charge in [-0.3, -0.25) is 9.59 Å². The fraction of sp³-hybridized carbons (Fsp3) is 0.333. The van der Waals surface area contributed by atoms with Crippen LogP contribution in [0.4, 0.5) is 0 Å². The number of fused-ring (bicyclic) bond motifs is 1. The number of rotatable bonds is 0. The highest BCUT2D eigenvalue weighted by Gasteiger charge is 2.26. The minimum atomic E-state index is -0.560. The van der Waals surface area contributed by atoms with Gasteiger partial charge in [-0.2, -0.15) is 0 Å². The average Bonchev–Trinajstić information content (AvgIpc) is 2.03. The van der Waals surface area contributed by atoms with Crippen LogP contribution in [0.3, 0.4) is 0 Å². The molecule has 0 saturated carbocycles. The lowest BCUT2D eigenvalue weighted by molar-refractivity contribution is 0.161. The van der Waals surface area contributed by atoms with E-state index in [9.17, 15) is 9.59 Å². The molecule has 1 aliphatic rings. The summed E-state index contributed by atoms with van der Waals surface area (Å²) in [5.74, 6) is 0.215. The van der Waals surface area contributed by atoms with Crippen LogP contribution in [0.2, 0.25) is 0 Å². The summed E-state index contributed by atoms with van der Waals surface area (Å²) in [6, 6.07) is 0. The van der Waals surface area contributed by atoms with Gasteiger partial charge in [0.1, 0.15) is 13.2 Å². The summed E-state index contributed by atoms with van der Waals surface area (Å²) in [5, 5.41) is 0. The van der Waals surface area contributed by atoms with Gasteiger partial charge in [-0.05, 0) is 0 Å². The summed E-state index contributed by atoms with van der Waals surface area (Å²) in [4.78, 5) is 21.2. The van der Waals surface area contributed by atoms with Crippen molar-refractivity contribution in [3.05, 3.63) is 20.4 Å². The summed E-state index contributed by atoms with van der Waals surface area (Å²) in [5.41, 5.74) is -1.12. The Morgan fingerprint density at radius 3 is 1.70 bits per heavy atom. The molecular formula is C6H4O4. The van der Waals surface area contributed by atoms with Crippen LogP contribution in [0.5, 0.6) is 11.5 Å². The highest BCUT2D eigenvalue weighted by molar-refractivity contribution is 5.46. The molecule has 1 aromatic carbocycles. The van der Waals surface area contributed by atoms with Gasteiger partial charge >= 0.3 is 0 Å². The molecule has 10 heavy (non-hydrogen) atoms. The van der Waals surface area contributed by atoms with Crippen LogP contribution >= 0.6 is 0 Å². The molecular weight excluding hydrogens is 136 g/mol. The first-order chi connectivity index (χ1) is 4.80. The molecule has 1 aliphatic heterocycles. The average molecular weight is 140 g/mol. The second-order valence-electron chi connectivity index (χ2n) is 2.01. The molecule has 0 fully saturated rings. The van der Waals surface area contributed by atoms with Gasteiger partial charge in [0.05, 0.1) is 0 Å². The minimum absolute atomic E-state index is 0.108. The number of hydrogen-bond donors (Lipinski definition) is 0. The Morgan fingerprint density at radius 2 is 1.30 bits per heavy atom. The second-order valence-corrected chi connectivity index (χ2v) is 2.01. The van der Waals surface area contributed by atoms with Crippen molar-refractivity contribution in [3.8, 4) is 11.5 Å². The van der Waals surface area contributed by atoms with Crippen molar-refractivity contribution in [1.82, 2.24) is 0 Å². The molecule has 1 aromatic rings. The van der Waals surface area contributed by atoms with Crippen molar-refractivity contribution < 1.29 is 9.47 Å². The highest BCUT2D eigenvalue weighted by Crippen LogP contribution is 2.22. The van der Waals surface area contributed by atoms with E-state index in [0.29, 0.717) is 13.2 Å². The van der Waals surface area contributed by atoms with Crippen molar-refractivity contribution in [2.75, 3.05) is 13.2 Å². The van der Waals surface area contributed by atoms with Gasteiger partial charge in [0.15, 0.2) is 0 Å². The second kappa shape index (κ2) is 1.59.